The Morgan fingerprint density at radius 3 is 2.67 bits per heavy atom. The second-order valence-corrected chi connectivity index (χ2v) is 3.30. The third-order valence-corrected chi connectivity index (χ3v) is 2.08. The molecule has 1 heterocycles. The summed E-state index contributed by atoms with van der Waals surface area (Å²) in [6, 6.07) is 0. The maximum Gasteiger partial charge on any atom is 0.335 e. The SMILES string of the molecule is C=C(C)C(=O)OC1OC1(C)CC. The molecule has 0 aromatic carbocycles. The van der Waals surface area contributed by atoms with Crippen LogP contribution in [0.5, 0.6) is 0 Å². The lowest BCUT2D eigenvalue weighted by atomic mass is 10.1. The van der Waals surface area contributed by atoms with Gasteiger partial charge in [0.15, 0.2) is 0 Å². The summed E-state index contributed by atoms with van der Waals surface area (Å²) in [5.74, 6) is -0.378. The zero-order valence-corrected chi connectivity index (χ0v) is 7.72. The number of hydrogen-bond acceptors (Lipinski definition) is 3. The molecule has 12 heavy (non-hydrogen) atoms. The largest absolute Gasteiger partial charge is 0.429 e. The Kier molecular flexibility index (Phi) is 2.24. The van der Waals surface area contributed by atoms with Crippen molar-refractivity contribution in [3.05, 3.63) is 12.2 Å². The maximum atomic E-state index is 11.0. The molecule has 0 aromatic heterocycles. The van der Waals surface area contributed by atoms with Crippen LogP contribution in [0.25, 0.3) is 0 Å². The van der Waals surface area contributed by atoms with Crippen molar-refractivity contribution in [2.24, 2.45) is 0 Å². The van der Waals surface area contributed by atoms with Gasteiger partial charge in [0, 0.05) is 5.57 Å². The highest BCUT2D eigenvalue weighted by Gasteiger charge is 2.54. The number of hydrogen-bond donors (Lipinski definition) is 0. The Labute approximate surface area is 72.4 Å². The molecule has 0 aromatic rings. The van der Waals surface area contributed by atoms with E-state index in [1.807, 2.05) is 13.8 Å². The monoisotopic (exact) mass is 170 g/mol. The van der Waals surface area contributed by atoms with Gasteiger partial charge in [-0.3, -0.25) is 0 Å². The van der Waals surface area contributed by atoms with E-state index >= 15 is 0 Å². The summed E-state index contributed by atoms with van der Waals surface area (Å²) in [5.41, 5.74) is 0.148. The van der Waals surface area contributed by atoms with E-state index in [-0.39, 0.29) is 17.9 Å². The predicted octanol–water partition coefficient (Wildman–Crippen LogP) is 1.63. The van der Waals surface area contributed by atoms with E-state index in [0.29, 0.717) is 5.57 Å². The average Bonchev–Trinajstić information content (AvgIpc) is 2.63. The molecule has 2 unspecified atom stereocenters. The predicted molar refractivity (Wildman–Crippen MR) is 44.5 cm³/mol. The van der Waals surface area contributed by atoms with Crippen molar-refractivity contribution in [3.63, 3.8) is 0 Å². The van der Waals surface area contributed by atoms with Gasteiger partial charge in [-0.05, 0) is 20.3 Å². The zero-order chi connectivity index (χ0) is 9.35. The summed E-state index contributed by atoms with van der Waals surface area (Å²) in [6.07, 6.45) is 0.480. The molecule has 1 aliphatic rings. The van der Waals surface area contributed by atoms with Gasteiger partial charge in [0.25, 0.3) is 0 Å². The lowest BCUT2D eigenvalue weighted by molar-refractivity contribution is -0.143. The van der Waals surface area contributed by atoms with Crippen LogP contribution in [0, 0.1) is 0 Å². The second-order valence-electron chi connectivity index (χ2n) is 3.30. The Balaban J connectivity index is 2.37. The highest BCUT2D eigenvalue weighted by molar-refractivity contribution is 5.87. The lowest BCUT2D eigenvalue weighted by Gasteiger charge is -2.02. The third kappa shape index (κ3) is 1.67. The third-order valence-electron chi connectivity index (χ3n) is 2.08. The van der Waals surface area contributed by atoms with Gasteiger partial charge in [-0.1, -0.05) is 13.5 Å². The Morgan fingerprint density at radius 2 is 2.33 bits per heavy atom. The first-order valence-corrected chi connectivity index (χ1v) is 4.04. The van der Waals surface area contributed by atoms with Crippen LogP contribution >= 0.6 is 0 Å². The molecule has 0 aliphatic carbocycles. The minimum atomic E-state index is -0.378. The number of ether oxygens (including phenoxy) is 2. The Morgan fingerprint density at radius 1 is 1.75 bits per heavy atom. The fourth-order valence-corrected chi connectivity index (χ4v) is 0.807. The molecule has 3 heteroatoms. The first kappa shape index (κ1) is 9.26. The molecule has 2 atom stereocenters. The van der Waals surface area contributed by atoms with Crippen LogP contribution in [0.4, 0.5) is 0 Å². The number of carbonyl (C=O) groups is 1. The van der Waals surface area contributed by atoms with Crippen molar-refractivity contribution >= 4 is 5.97 Å². The molecule has 0 spiro atoms. The molecule has 0 saturated carbocycles. The summed E-state index contributed by atoms with van der Waals surface area (Å²) in [7, 11) is 0. The van der Waals surface area contributed by atoms with E-state index in [0.717, 1.165) is 6.42 Å². The minimum Gasteiger partial charge on any atom is -0.429 e. The van der Waals surface area contributed by atoms with Crippen LogP contribution in [0.3, 0.4) is 0 Å². The van der Waals surface area contributed by atoms with Gasteiger partial charge in [0.05, 0.1) is 0 Å². The smallest absolute Gasteiger partial charge is 0.335 e. The molecule has 1 fully saturated rings. The van der Waals surface area contributed by atoms with Crippen molar-refractivity contribution in [2.45, 2.75) is 39.1 Å². The molecule has 3 nitrogen and oxygen atoms in total. The van der Waals surface area contributed by atoms with E-state index in [1.54, 1.807) is 6.92 Å². The summed E-state index contributed by atoms with van der Waals surface area (Å²) in [6.45, 7) is 9.01. The first-order chi connectivity index (χ1) is 5.49. The topological polar surface area (TPSA) is 38.8 Å². The molecule has 0 amide bonds. The molecule has 0 bridgehead atoms. The van der Waals surface area contributed by atoms with Crippen molar-refractivity contribution in [1.82, 2.24) is 0 Å². The van der Waals surface area contributed by atoms with Crippen LogP contribution in [-0.2, 0) is 14.3 Å². The van der Waals surface area contributed by atoms with Gasteiger partial charge in [-0.25, -0.2) is 4.79 Å². The molecule has 1 rings (SSSR count). The number of carbonyl (C=O) groups excluding carboxylic acids is 1. The molecule has 0 radical (unpaired) electrons. The first-order valence-electron chi connectivity index (χ1n) is 4.04. The number of epoxide rings is 1. The molecule has 68 valence electrons. The Bertz CT molecular complexity index is 222. The normalized spacial score (nSPS) is 32.8. The van der Waals surface area contributed by atoms with E-state index in [1.165, 1.54) is 0 Å². The fourth-order valence-electron chi connectivity index (χ4n) is 0.807. The quantitative estimate of drug-likeness (QED) is 0.367. The average molecular weight is 170 g/mol. The van der Waals surface area contributed by atoms with E-state index in [4.69, 9.17) is 9.47 Å². The number of rotatable bonds is 3. The van der Waals surface area contributed by atoms with Crippen LogP contribution in [0.15, 0.2) is 12.2 Å². The van der Waals surface area contributed by atoms with E-state index < -0.39 is 0 Å². The van der Waals surface area contributed by atoms with Gasteiger partial charge in [-0.2, -0.15) is 0 Å². The second kappa shape index (κ2) is 2.90. The van der Waals surface area contributed by atoms with Crippen molar-refractivity contribution in [2.75, 3.05) is 0 Å². The molecule has 0 N–H and O–H groups in total. The highest BCUT2D eigenvalue weighted by Crippen LogP contribution is 2.39. The van der Waals surface area contributed by atoms with Gasteiger partial charge in [0.2, 0.25) is 6.29 Å². The fraction of sp³-hybridized carbons (Fsp3) is 0.667. The van der Waals surface area contributed by atoms with Crippen LogP contribution in [-0.4, -0.2) is 17.9 Å². The summed E-state index contributed by atoms with van der Waals surface area (Å²) < 4.78 is 10.2. The van der Waals surface area contributed by atoms with Gasteiger partial charge < -0.3 is 9.47 Å². The standard InChI is InChI=1S/C9H14O3/c1-5-9(4)8(12-9)11-7(10)6(2)3/h8H,2,5H2,1,3-4H3. The summed E-state index contributed by atoms with van der Waals surface area (Å²) >= 11 is 0. The van der Waals surface area contributed by atoms with Gasteiger partial charge >= 0.3 is 5.97 Å². The lowest BCUT2D eigenvalue weighted by Crippen LogP contribution is -2.15. The van der Waals surface area contributed by atoms with Gasteiger partial charge in [-0.15, -0.1) is 0 Å². The van der Waals surface area contributed by atoms with Crippen molar-refractivity contribution in [1.29, 1.82) is 0 Å². The molecular weight excluding hydrogens is 156 g/mol. The van der Waals surface area contributed by atoms with Crippen molar-refractivity contribution in [3.8, 4) is 0 Å². The van der Waals surface area contributed by atoms with Crippen molar-refractivity contribution < 1.29 is 14.3 Å². The molecule has 1 saturated heterocycles. The summed E-state index contributed by atoms with van der Waals surface area (Å²) in [5, 5.41) is 0. The van der Waals surface area contributed by atoms with Crippen LogP contribution in [0.2, 0.25) is 0 Å². The molecule has 1 aliphatic heterocycles. The number of esters is 1. The summed E-state index contributed by atoms with van der Waals surface area (Å²) in [4.78, 5) is 11.0. The van der Waals surface area contributed by atoms with Gasteiger partial charge in [0.1, 0.15) is 5.60 Å². The maximum absolute atomic E-state index is 11.0. The van der Waals surface area contributed by atoms with Crippen LogP contribution < -0.4 is 0 Å². The zero-order valence-electron chi connectivity index (χ0n) is 7.72. The highest BCUT2D eigenvalue weighted by atomic mass is 16.8. The Hall–Kier alpha value is -0.830. The van der Waals surface area contributed by atoms with E-state index in [2.05, 4.69) is 6.58 Å². The molecular formula is C9H14O3. The van der Waals surface area contributed by atoms with E-state index in [9.17, 15) is 4.79 Å². The van der Waals surface area contributed by atoms with Crippen LogP contribution in [0.1, 0.15) is 27.2 Å². The minimum absolute atomic E-state index is 0.259.